The van der Waals surface area contributed by atoms with E-state index in [1.54, 1.807) is 18.2 Å². The molecular weight excluding hydrogens is 411 g/mol. The number of halogens is 1. The molecule has 0 saturated carbocycles. The first-order chi connectivity index (χ1) is 15.0. The van der Waals surface area contributed by atoms with Crippen molar-refractivity contribution in [2.75, 3.05) is 16.0 Å². The summed E-state index contributed by atoms with van der Waals surface area (Å²) >= 11 is 1.52. The number of anilines is 2. The van der Waals surface area contributed by atoms with Crippen LogP contribution in [-0.2, 0) is 4.79 Å². The topological polar surface area (TPSA) is 49.4 Å². The SMILES string of the molecule is CC(C)c1ccccc1N1C(=O)CS[C@@H]1c1ccccc1NC(=O)c1ccccc1F. The smallest absolute Gasteiger partial charge is 0.258 e. The van der Waals surface area contributed by atoms with E-state index in [4.69, 9.17) is 0 Å². The van der Waals surface area contributed by atoms with Gasteiger partial charge >= 0.3 is 0 Å². The molecule has 0 spiro atoms. The van der Waals surface area contributed by atoms with Crippen molar-refractivity contribution < 1.29 is 14.0 Å². The molecule has 0 radical (unpaired) electrons. The number of hydrogen-bond acceptors (Lipinski definition) is 3. The average Bonchev–Trinajstić information content (AvgIpc) is 3.15. The van der Waals surface area contributed by atoms with Crippen molar-refractivity contribution in [3.8, 4) is 0 Å². The number of nitrogens with zero attached hydrogens (tertiary/aromatic N) is 1. The van der Waals surface area contributed by atoms with E-state index in [2.05, 4.69) is 19.2 Å². The largest absolute Gasteiger partial charge is 0.322 e. The van der Waals surface area contributed by atoms with Crippen LogP contribution in [0.1, 0.15) is 46.6 Å². The van der Waals surface area contributed by atoms with Gasteiger partial charge in [-0.1, -0.05) is 62.4 Å². The van der Waals surface area contributed by atoms with E-state index in [0.29, 0.717) is 11.4 Å². The van der Waals surface area contributed by atoms with E-state index in [1.807, 2.05) is 47.4 Å². The zero-order valence-electron chi connectivity index (χ0n) is 17.3. The van der Waals surface area contributed by atoms with Crippen LogP contribution in [0.3, 0.4) is 0 Å². The molecule has 1 heterocycles. The molecule has 3 aromatic carbocycles. The lowest BCUT2D eigenvalue weighted by Gasteiger charge is -2.29. The molecule has 6 heteroatoms. The average molecular weight is 435 g/mol. The van der Waals surface area contributed by atoms with Gasteiger partial charge in [0.1, 0.15) is 11.2 Å². The lowest BCUT2D eigenvalue weighted by atomic mass is 10.00. The minimum Gasteiger partial charge on any atom is -0.322 e. The highest BCUT2D eigenvalue weighted by molar-refractivity contribution is 8.00. The summed E-state index contributed by atoms with van der Waals surface area (Å²) in [5.41, 5.74) is 3.33. The van der Waals surface area contributed by atoms with Gasteiger partial charge in [-0.25, -0.2) is 4.39 Å². The highest BCUT2D eigenvalue weighted by Gasteiger charge is 2.36. The first kappa shape index (κ1) is 21.1. The number of thioether (sulfide) groups is 1. The van der Waals surface area contributed by atoms with Crippen molar-refractivity contribution in [1.82, 2.24) is 0 Å². The molecule has 1 aliphatic rings. The predicted octanol–water partition coefficient (Wildman–Crippen LogP) is 5.98. The standard InChI is InChI=1S/C25H23FN2O2S/c1-16(2)17-9-5-8-14-22(17)28-23(29)15-31-25(28)19-11-4-7-13-21(19)27-24(30)18-10-3-6-12-20(18)26/h3-14,16,25H,15H2,1-2H3,(H,27,30)/t25-/m1/s1. The summed E-state index contributed by atoms with van der Waals surface area (Å²) < 4.78 is 14.1. The van der Waals surface area contributed by atoms with Crippen LogP contribution >= 0.6 is 11.8 Å². The molecule has 158 valence electrons. The molecule has 1 atom stereocenters. The van der Waals surface area contributed by atoms with Crippen molar-refractivity contribution in [2.45, 2.75) is 25.1 Å². The number of benzene rings is 3. The molecular formula is C25H23FN2O2S. The third-order valence-corrected chi connectivity index (χ3v) is 6.47. The van der Waals surface area contributed by atoms with Gasteiger partial charge in [-0.05, 0) is 35.7 Å². The lowest BCUT2D eigenvalue weighted by Crippen LogP contribution is -2.29. The molecule has 1 fully saturated rings. The Morgan fingerprint density at radius 3 is 2.48 bits per heavy atom. The molecule has 1 aliphatic heterocycles. The third kappa shape index (κ3) is 4.21. The fourth-order valence-electron chi connectivity index (χ4n) is 3.77. The molecule has 0 bridgehead atoms. The molecule has 0 unspecified atom stereocenters. The summed E-state index contributed by atoms with van der Waals surface area (Å²) in [5.74, 6) is -0.457. The Bertz CT molecular complexity index is 1130. The highest BCUT2D eigenvalue weighted by Crippen LogP contribution is 2.46. The second-order valence-electron chi connectivity index (χ2n) is 7.66. The van der Waals surface area contributed by atoms with Crippen LogP contribution in [0, 0.1) is 5.82 Å². The Morgan fingerprint density at radius 1 is 1.03 bits per heavy atom. The molecule has 1 N–H and O–H groups in total. The minimum atomic E-state index is -0.574. The number of rotatable bonds is 5. The summed E-state index contributed by atoms with van der Waals surface area (Å²) in [6.45, 7) is 4.20. The normalized spacial score (nSPS) is 16.1. The second-order valence-corrected chi connectivity index (χ2v) is 8.73. The first-order valence-electron chi connectivity index (χ1n) is 10.1. The van der Waals surface area contributed by atoms with Crippen LogP contribution in [0.25, 0.3) is 0 Å². The van der Waals surface area contributed by atoms with Crippen LogP contribution in [0.2, 0.25) is 0 Å². The number of carbonyl (C=O) groups excluding carboxylic acids is 2. The van der Waals surface area contributed by atoms with E-state index in [-0.39, 0.29) is 22.8 Å². The first-order valence-corrected chi connectivity index (χ1v) is 11.2. The molecule has 0 aliphatic carbocycles. The van der Waals surface area contributed by atoms with Gasteiger partial charge in [-0.2, -0.15) is 0 Å². The second kappa shape index (κ2) is 8.94. The van der Waals surface area contributed by atoms with E-state index < -0.39 is 11.7 Å². The highest BCUT2D eigenvalue weighted by atomic mass is 32.2. The van der Waals surface area contributed by atoms with Gasteiger partial charge in [0.25, 0.3) is 5.91 Å². The van der Waals surface area contributed by atoms with Crippen molar-refractivity contribution in [3.05, 3.63) is 95.3 Å². The Labute approximate surface area is 185 Å². The molecule has 4 nitrogen and oxygen atoms in total. The number of carbonyl (C=O) groups is 2. The van der Waals surface area contributed by atoms with Crippen molar-refractivity contribution >= 4 is 35.0 Å². The van der Waals surface area contributed by atoms with Crippen molar-refractivity contribution in [1.29, 1.82) is 0 Å². The van der Waals surface area contributed by atoms with E-state index in [9.17, 15) is 14.0 Å². The Hall–Kier alpha value is -3.12. The molecule has 0 aromatic heterocycles. The Kier molecular flexibility index (Phi) is 6.09. The molecule has 3 aromatic rings. The zero-order chi connectivity index (χ0) is 22.0. The van der Waals surface area contributed by atoms with E-state index in [0.717, 1.165) is 16.8 Å². The number of nitrogens with one attached hydrogen (secondary N) is 1. The van der Waals surface area contributed by atoms with Crippen LogP contribution in [0.4, 0.5) is 15.8 Å². The quantitative estimate of drug-likeness (QED) is 0.537. The van der Waals surface area contributed by atoms with Gasteiger partial charge < -0.3 is 5.32 Å². The maximum atomic E-state index is 14.1. The monoisotopic (exact) mass is 434 g/mol. The number of para-hydroxylation sites is 2. The zero-order valence-corrected chi connectivity index (χ0v) is 18.2. The van der Waals surface area contributed by atoms with Crippen LogP contribution in [-0.4, -0.2) is 17.6 Å². The van der Waals surface area contributed by atoms with Crippen molar-refractivity contribution in [3.63, 3.8) is 0 Å². The van der Waals surface area contributed by atoms with Gasteiger partial charge in [-0.15, -0.1) is 11.8 Å². The number of hydrogen-bond donors (Lipinski definition) is 1. The third-order valence-electron chi connectivity index (χ3n) is 5.28. The summed E-state index contributed by atoms with van der Waals surface area (Å²) in [5, 5.41) is 2.55. The summed E-state index contributed by atoms with van der Waals surface area (Å²) in [7, 11) is 0. The number of amides is 2. The van der Waals surface area contributed by atoms with Crippen LogP contribution in [0.15, 0.2) is 72.8 Å². The lowest BCUT2D eigenvalue weighted by molar-refractivity contribution is -0.115. The summed E-state index contributed by atoms with van der Waals surface area (Å²) in [6, 6.07) is 21.2. The van der Waals surface area contributed by atoms with Gasteiger partial charge in [0.15, 0.2) is 0 Å². The summed E-state index contributed by atoms with van der Waals surface area (Å²) in [4.78, 5) is 27.4. The van der Waals surface area contributed by atoms with Gasteiger partial charge in [-0.3, -0.25) is 14.5 Å². The van der Waals surface area contributed by atoms with Gasteiger partial charge in [0.05, 0.1) is 11.3 Å². The fourth-order valence-corrected chi connectivity index (χ4v) is 4.98. The van der Waals surface area contributed by atoms with E-state index >= 15 is 0 Å². The molecule has 1 saturated heterocycles. The van der Waals surface area contributed by atoms with Crippen molar-refractivity contribution in [2.24, 2.45) is 0 Å². The van der Waals surface area contributed by atoms with Gasteiger partial charge in [0, 0.05) is 16.9 Å². The molecule has 31 heavy (non-hydrogen) atoms. The minimum absolute atomic E-state index is 0.0190. The van der Waals surface area contributed by atoms with Crippen LogP contribution < -0.4 is 10.2 Å². The summed E-state index contributed by atoms with van der Waals surface area (Å²) in [6.07, 6.45) is 0. The molecule has 4 rings (SSSR count). The Morgan fingerprint density at radius 2 is 1.71 bits per heavy atom. The van der Waals surface area contributed by atoms with Crippen LogP contribution in [0.5, 0.6) is 0 Å². The van der Waals surface area contributed by atoms with Gasteiger partial charge in [0.2, 0.25) is 5.91 Å². The maximum Gasteiger partial charge on any atom is 0.258 e. The maximum absolute atomic E-state index is 14.1. The predicted molar refractivity (Wildman–Crippen MR) is 124 cm³/mol. The molecule has 2 amide bonds. The Balaban J connectivity index is 1.71. The fraction of sp³-hybridized carbons (Fsp3) is 0.200. The van der Waals surface area contributed by atoms with E-state index in [1.165, 1.54) is 23.9 Å².